The van der Waals surface area contributed by atoms with Crippen LogP contribution < -0.4 is 0 Å². The monoisotopic (exact) mass is 218 g/mol. The van der Waals surface area contributed by atoms with Gasteiger partial charge in [0.2, 0.25) is 0 Å². The van der Waals surface area contributed by atoms with Gasteiger partial charge in [0.15, 0.2) is 0 Å². The van der Waals surface area contributed by atoms with Crippen LogP contribution in [0.1, 0.15) is 38.5 Å². The van der Waals surface area contributed by atoms with E-state index in [0.717, 1.165) is 53.8 Å². The fourth-order valence-corrected chi connectivity index (χ4v) is 7.29. The summed E-state index contributed by atoms with van der Waals surface area (Å²) in [6.07, 6.45) is 8.72. The molecule has 5 fully saturated rings. The zero-order valence-corrected chi connectivity index (χ0v) is 9.89. The molecule has 0 spiro atoms. The van der Waals surface area contributed by atoms with E-state index in [1.54, 1.807) is 12.8 Å². The first kappa shape index (κ1) is 8.97. The molecule has 0 aromatic rings. The van der Waals surface area contributed by atoms with E-state index in [1.807, 2.05) is 0 Å². The molecule has 5 aliphatic rings. The molecular weight excluding hydrogens is 196 g/mol. The van der Waals surface area contributed by atoms with Crippen LogP contribution in [-0.4, -0.2) is 11.2 Å². The second-order valence-corrected chi connectivity index (χ2v) is 7.44. The highest BCUT2D eigenvalue weighted by atomic mass is 16.3. The number of fused-ring (bicyclic) bond motifs is 12. The van der Waals surface area contributed by atoms with Gasteiger partial charge < -0.3 is 5.11 Å². The molecule has 16 heavy (non-hydrogen) atoms. The number of aliphatic hydroxyl groups is 1. The Balaban J connectivity index is 1.57. The minimum absolute atomic E-state index is 0.0834. The highest BCUT2D eigenvalue weighted by Crippen LogP contribution is 2.72. The van der Waals surface area contributed by atoms with E-state index in [1.165, 1.54) is 19.3 Å². The number of hydrogen-bond acceptors (Lipinski definition) is 1. The maximum atomic E-state index is 10.2. The standard InChI is InChI=1S/C15H22O/c16-12-4-3-9-10-6-11(15(9)12)14-8-2-1-7(5-8)13(10)14/h7-16H,1-6H2/t7-,8+,9+,10+,11+,12-,13+,14-,15+/m0/s1. The Kier molecular flexibility index (Phi) is 1.50. The first-order valence-corrected chi connectivity index (χ1v) is 7.52. The molecule has 0 heterocycles. The lowest BCUT2D eigenvalue weighted by atomic mass is 9.64. The van der Waals surface area contributed by atoms with E-state index < -0.39 is 0 Å². The molecular formula is C15H22O. The molecule has 0 amide bonds. The first-order chi connectivity index (χ1) is 7.84. The fraction of sp³-hybridized carbons (Fsp3) is 1.00. The molecule has 1 nitrogen and oxygen atoms in total. The quantitative estimate of drug-likeness (QED) is 0.620. The normalized spacial score (nSPS) is 69.9. The highest BCUT2D eigenvalue weighted by Gasteiger charge is 2.67. The van der Waals surface area contributed by atoms with E-state index in [9.17, 15) is 5.11 Å². The van der Waals surface area contributed by atoms with Crippen molar-refractivity contribution >= 4 is 0 Å². The zero-order valence-electron chi connectivity index (χ0n) is 9.89. The molecule has 1 N–H and O–H groups in total. The first-order valence-electron chi connectivity index (χ1n) is 7.52. The summed E-state index contributed by atoms with van der Waals surface area (Å²) in [7, 11) is 0. The Morgan fingerprint density at radius 2 is 1.38 bits per heavy atom. The van der Waals surface area contributed by atoms with Gasteiger partial charge in [-0.05, 0) is 85.9 Å². The Labute approximate surface area is 97.6 Å². The largest absolute Gasteiger partial charge is 0.393 e. The van der Waals surface area contributed by atoms with Crippen molar-refractivity contribution in [2.45, 2.75) is 44.6 Å². The SMILES string of the molecule is O[C@H]1CC[C@@H]2[C@H]3C[C@@H]([C@@H]21)[C@@H]1[C@@H]2CC[C@@H](C2)[C@H]31. The minimum atomic E-state index is 0.0834. The molecule has 0 radical (unpaired) electrons. The molecule has 0 unspecified atom stereocenters. The summed E-state index contributed by atoms with van der Waals surface area (Å²) in [4.78, 5) is 0. The molecule has 0 aliphatic heterocycles. The molecule has 0 saturated heterocycles. The summed E-state index contributed by atoms with van der Waals surface area (Å²) in [6, 6.07) is 0. The van der Waals surface area contributed by atoms with Crippen molar-refractivity contribution in [1.82, 2.24) is 0 Å². The third kappa shape index (κ3) is 0.805. The van der Waals surface area contributed by atoms with Crippen molar-refractivity contribution in [2.75, 3.05) is 0 Å². The number of aliphatic hydroxyl groups excluding tert-OH is 1. The Bertz CT molecular complexity index is 338. The van der Waals surface area contributed by atoms with Crippen LogP contribution in [0.5, 0.6) is 0 Å². The fourth-order valence-electron chi connectivity index (χ4n) is 7.29. The topological polar surface area (TPSA) is 20.2 Å². The van der Waals surface area contributed by atoms with E-state index >= 15 is 0 Å². The van der Waals surface area contributed by atoms with Gasteiger partial charge >= 0.3 is 0 Å². The molecule has 5 rings (SSSR count). The second kappa shape index (κ2) is 2.68. The second-order valence-electron chi connectivity index (χ2n) is 7.44. The molecule has 9 atom stereocenters. The maximum absolute atomic E-state index is 10.2. The summed E-state index contributed by atoms with van der Waals surface area (Å²) in [5.41, 5.74) is 0. The Morgan fingerprint density at radius 3 is 2.19 bits per heavy atom. The van der Waals surface area contributed by atoms with Crippen LogP contribution in [0.3, 0.4) is 0 Å². The van der Waals surface area contributed by atoms with Crippen molar-refractivity contribution in [3.8, 4) is 0 Å². The van der Waals surface area contributed by atoms with Gasteiger partial charge in [-0.15, -0.1) is 0 Å². The van der Waals surface area contributed by atoms with Crippen LogP contribution >= 0.6 is 0 Å². The van der Waals surface area contributed by atoms with Gasteiger partial charge in [-0.1, -0.05) is 0 Å². The number of hydrogen-bond donors (Lipinski definition) is 1. The van der Waals surface area contributed by atoms with E-state index in [4.69, 9.17) is 0 Å². The van der Waals surface area contributed by atoms with Gasteiger partial charge in [-0.3, -0.25) is 0 Å². The van der Waals surface area contributed by atoms with Crippen molar-refractivity contribution in [2.24, 2.45) is 47.3 Å². The maximum Gasteiger partial charge on any atom is 0.0574 e. The summed E-state index contributed by atoms with van der Waals surface area (Å²) in [6.45, 7) is 0. The van der Waals surface area contributed by atoms with Crippen LogP contribution in [0.2, 0.25) is 0 Å². The van der Waals surface area contributed by atoms with Gasteiger partial charge in [-0.25, -0.2) is 0 Å². The predicted octanol–water partition coefficient (Wildman–Crippen LogP) is 2.69. The predicted molar refractivity (Wildman–Crippen MR) is 61.6 cm³/mol. The lowest BCUT2D eigenvalue weighted by molar-refractivity contribution is 0.0180. The molecule has 4 bridgehead atoms. The Morgan fingerprint density at radius 1 is 0.625 bits per heavy atom. The molecule has 5 aliphatic carbocycles. The Hall–Kier alpha value is -0.0400. The lowest BCUT2D eigenvalue weighted by Crippen LogP contribution is -2.38. The average Bonchev–Trinajstić information content (AvgIpc) is 2.99. The van der Waals surface area contributed by atoms with Gasteiger partial charge in [0, 0.05) is 0 Å². The molecule has 5 saturated carbocycles. The third-order valence-electron chi connectivity index (χ3n) is 7.36. The van der Waals surface area contributed by atoms with Crippen molar-refractivity contribution in [3.63, 3.8) is 0 Å². The van der Waals surface area contributed by atoms with Crippen molar-refractivity contribution < 1.29 is 5.11 Å². The smallest absolute Gasteiger partial charge is 0.0574 e. The van der Waals surface area contributed by atoms with Gasteiger partial charge in [0.1, 0.15) is 0 Å². The highest BCUT2D eigenvalue weighted by molar-refractivity contribution is 5.15. The summed E-state index contributed by atoms with van der Waals surface area (Å²) in [5, 5.41) is 10.2. The minimum Gasteiger partial charge on any atom is -0.393 e. The zero-order chi connectivity index (χ0) is 10.4. The molecule has 0 aromatic heterocycles. The lowest BCUT2D eigenvalue weighted by Gasteiger charge is -2.41. The van der Waals surface area contributed by atoms with Gasteiger partial charge in [-0.2, -0.15) is 0 Å². The summed E-state index contributed by atoms with van der Waals surface area (Å²) >= 11 is 0. The summed E-state index contributed by atoms with van der Waals surface area (Å²) in [5.74, 6) is 8.07. The molecule has 1 heteroatoms. The average molecular weight is 218 g/mol. The molecule has 0 aromatic carbocycles. The van der Waals surface area contributed by atoms with Gasteiger partial charge in [0.05, 0.1) is 6.10 Å². The third-order valence-corrected chi connectivity index (χ3v) is 7.36. The van der Waals surface area contributed by atoms with Crippen LogP contribution in [0.4, 0.5) is 0 Å². The number of rotatable bonds is 0. The van der Waals surface area contributed by atoms with E-state index in [-0.39, 0.29) is 6.10 Å². The van der Waals surface area contributed by atoms with Gasteiger partial charge in [0.25, 0.3) is 0 Å². The van der Waals surface area contributed by atoms with E-state index in [0.29, 0.717) is 0 Å². The van der Waals surface area contributed by atoms with Crippen LogP contribution in [0.15, 0.2) is 0 Å². The molecule has 88 valence electrons. The van der Waals surface area contributed by atoms with Crippen LogP contribution in [-0.2, 0) is 0 Å². The van der Waals surface area contributed by atoms with Crippen molar-refractivity contribution in [1.29, 1.82) is 0 Å². The summed E-state index contributed by atoms with van der Waals surface area (Å²) < 4.78 is 0. The van der Waals surface area contributed by atoms with Crippen molar-refractivity contribution in [3.05, 3.63) is 0 Å². The van der Waals surface area contributed by atoms with Crippen LogP contribution in [0, 0.1) is 47.3 Å². The van der Waals surface area contributed by atoms with E-state index in [2.05, 4.69) is 0 Å². The van der Waals surface area contributed by atoms with Crippen LogP contribution in [0.25, 0.3) is 0 Å².